The van der Waals surface area contributed by atoms with Gasteiger partial charge in [0.05, 0.1) is 10.9 Å². The molecule has 3 N–H and O–H groups in total. The highest BCUT2D eigenvalue weighted by Crippen LogP contribution is 2.33. The fraction of sp³-hybridized carbons (Fsp3) is 0.450. The third-order valence-electron chi connectivity index (χ3n) is 5.27. The fourth-order valence-electron chi connectivity index (χ4n) is 3.67. The van der Waals surface area contributed by atoms with Crippen LogP contribution in [-0.4, -0.2) is 49.8 Å². The highest BCUT2D eigenvalue weighted by Gasteiger charge is 2.32. The number of nitrogens with one attached hydrogen (secondary N) is 1. The molecule has 0 bridgehead atoms. The molecule has 12 heteroatoms. The van der Waals surface area contributed by atoms with Gasteiger partial charge < -0.3 is 16.0 Å². The molecule has 1 amide bonds. The number of amides is 1. The standard InChI is InChI=1S/C20H24F2N8O.ClH/c1-10-8-29(9-14(10)23)18-13-7-24-16(26-12(3)31)6-15(13)30(28-18)17-5-11(2)25-19(27-17)20(4,21)22;/h5-7,10,14H,8-9,23H2,1-4H3,(H,24,26,31);1H/t10-,14-;/m0./s1. The van der Waals surface area contributed by atoms with Crippen LogP contribution in [0.4, 0.5) is 20.4 Å². The molecule has 0 radical (unpaired) electrons. The van der Waals surface area contributed by atoms with Gasteiger partial charge in [0.2, 0.25) is 11.7 Å². The fourth-order valence-corrected chi connectivity index (χ4v) is 3.67. The van der Waals surface area contributed by atoms with Crippen molar-refractivity contribution in [2.75, 3.05) is 23.3 Å². The Morgan fingerprint density at radius 1 is 1.28 bits per heavy atom. The Kier molecular flexibility index (Phi) is 6.34. The number of halogens is 3. The van der Waals surface area contributed by atoms with Gasteiger partial charge in [-0.2, -0.15) is 8.78 Å². The van der Waals surface area contributed by atoms with E-state index < -0.39 is 11.7 Å². The first-order valence-corrected chi connectivity index (χ1v) is 9.94. The second-order valence-electron chi connectivity index (χ2n) is 8.13. The van der Waals surface area contributed by atoms with Crippen LogP contribution in [0.2, 0.25) is 0 Å². The lowest BCUT2D eigenvalue weighted by Crippen LogP contribution is -2.28. The van der Waals surface area contributed by atoms with E-state index in [2.05, 4.69) is 32.1 Å². The number of aromatic nitrogens is 5. The Balaban J connectivity index is 0.00000289. The summed E-state index contributed by atoms with van der Waals surface area (Å²) in [6.45, 7) is 7.15. The second-order valence-corrected chi connectivity index (χ2v) is 8.13. The van der Waals surface area contributed by atoms with Gasteiger partial charge in [0.15, 0.2) is 11.6 Å². The minimum absolute atomic E-state index is 0. The number of fused-ring (bicyclic) bond motifs is 1. The zero-order valence-corrected chi connectivity index (χ0v) is 19.0. The van der Waals surface area contributed by atoms with Gasteiger partial charge in [-0.25, -0.2) is 19.6 Å². The highest BCUT2D eigenvalue weighted by atomic mass is 35.5. The number of hydrogen-bond donors (Lipinski definition) is 2. The first kappa shape index (κ1) is 23.7. The van der Waals surface area contributed by atoms with E-state index in [1.54, 1.807) is 25.3 Å². The van der Waals surface area contributed by atoms with Gasteiger partial charge in [-0.05, 0) is 12.8 Å². The molecular weight excluding hydrogens is 442 g/mol. The van der Waals surface area contributed by atoms with Crippen LogP contribution in [0, 0.1) is 12.8 Å². The van der Waals surface area contributed by atoms with E-state index in [0.717, 1.165) is 6.92 Å². The summed E-state index contributed by atoms with van der Waals surface area (Å²) in [7, 11) is 0. The van der Waals surface area contributed by atoms with Gasteiger partial charge in [0.1, 0.15) is 5.82 Å². The molecule has 9 nitrogen and oxygen atoms in total. The van der Waals surface area contributed by atoms with Crippen LogP contribution in [0.5, 0.6) is 0 Å². The lowest BCUT2D eigenvalue weighted by Gasteiger charge is -2.15. The molecular formula is C20H25ClF2N8O. The summed E-state index contributed by atoms with van der Waals surface area (Å²) < 4.78 is 29.4. The molecule has 0 aromatic carbocycles. The zero-order chi connectivity index (χ0) is 22.5. The van der Waals surface area contributed by atoms with Crippen molar-refractivity contribution in [1.29, 1.82) is 0 Å². The summed E-state index contributed by atoms with van der Waals surface area (Å²) in [4.78, 5) is 25.8. The number of nitrogens with zero attached hydrogens (tertiary/aromatic N) is 6. The maximum absolute atomic E-state index is 14.0. The molecule has 0 unspecified atom stereocenters. The molecule has 4 rings (SSSR count). The summed E-state index contributed by atoms with van der Waals surface area (Å²) in [5, 5.41) is 8.04. The summed E-state index contributed by atoms with van der Waals surface area (Å²) in [6.07, 6.45) is 1.61. The van der Waals surface area contributed by atoms with Crippen LogP contribution in [-0.2, 0) is 10.7 Å². The van der Waals surface area contributed by atoms with E-state index in [4.69, 9.17) is 10.8 Å². The molecule has 1 aliphatic rings. The number of anilines is 2. The topological polar surface area (TPSA) is 115 Å². The first-order chi connectivity index (χ1) is 14.5. The molecule has 1 fully saturated rings. The van der Waals surface area contributed by atoms with Crippen LogP contribution in [0.25, 0.3) is 16.7 Å². The molecule has 0 aliphatic carbocycles. The van der Waals surface area contributed by atoms with Gasteiger partial charge in [-0.1, -0.05) is 6.92 Å². The van der Waals surface area contributed by atoms with Crippen LogP contribution < -0.4 is 16.0 Å². The minimum atomic E-state index is -3.20. The number of carbonyl (C=O) groups is 1. The molecule has 2 atom stereocenters. The predicted molar refractivity (Wildman–Crippen MR) is 120 cm³/mol. The summed E-state index contributed by atoms with van der Waals surface area (Å²) in [6, 6.07) is 3.23. The Hall–Kier alpha value is -2.92. The number of aryl methyl sites for hydroxylation is 1. The maximum atomic E-state index is 14.0. The highest BCUT2D eigenvalue weighted by molar-refractivity contribution is 5.95. The smallest absolute Gasteiger partial charge is 0.303 e. The van der Waals surface area contributed by atoms with Crippen LogP contribution >= 0.6 is 12.4 Å². The number of hydrogen-bond acceptors (Lipinski definition) is 7. The first-order valence-electron chi connectivity index (χ1n) is 9.94. The number of carbonyl (C=O) groups excluding carboxylic acids is 1. The van der Waals surface area contributed by atoms with Crippen molar-refractivity contribution in [1.82, 2.24) is 24.7 Å². The number of alkyl halides is 2. The molecule has 0 spiro atoms. The van der Waals surface area contributed by atoms with Crippen LogP contribution in [0.1, 0.15) is 32.3 Å². The van der Waals surface area contributed by atoms with Crippen molar-refractivity contribution in [3.8, 4) is 5.82 Å². The molecule has 3 aromatic heterocycles. The van der Waals surface area contributed by atoms with Gasteiger partial charge in [-0.3, -0.25) is 4.79 Å². The van der Waals surface area contributed by atoms with Crippen molar-refractivity contribution < 1.29 is 13.6 Å². The quantitative estimate of drug-likeness (QED) is 0.607. The Labute approximate surface area is 189 Å². The SMILES string of the molecule is CC(=O)Nc1cc2c(cn1)c(N1C[C@H](C)[C@@H](N)C1)nn2-c1cc(C)nc(C(C)(F)F)n1.Cl. The molecule has 172 valence electrons. The number of pyridine rings is 1. The Morgan fingerprint density at radius 2 is 2.00 bits per heavy atom. The van der Waals surface area contributed by atoms with Gasteiger partial charge in [0, 0.05) is 57.0 Å². The van der Waals surface area contributed by atoms with Crippen molar-refractivity contribution in [2.45, 2.75) is 39.7 Å². The number of rotatable bonds is 4. The third-order valence-corrected chi connectivity index (χ3v) is 5.27. The zero-order valence-electron chi connectivity index (χ0n) is 18.1. The second kappa shape index (κ2) is 8.55. The molecule has 1 aliphatic heterocycles. The maximum Gasteiger partial charge on any atom is 0.303 e. The lowest BCUT2D eigenvalue weighted by atomic mass is 10.1. The van der Waals surface area contributed by atoms with Gasteiger partial charge in [-0.15, -0.1) is 17.5 Å². The molecule has 32 heavy (non-hydrogen) atoms. The van der Waals surface area contributed by atoms with Gasteiger partial charge >= 0.3 is 5.92 Å². The Bertz CT molecular complexity index is 1150. The van der Waals surface area contributed by atoms with E-state index in [1.807, 2.05) is 0 Å². The van der Waals surface area contributed by atoms with Crippen molar-refractivity contribution in [3.05, 3.63) is 29.8 Å². The minimum Gasteiger partial charge on any atom is -0.353 e. The molecule has 4 heterocycles. The van der Waals surface area contributed by atoms with Crippen LogP contribution in [0.3, 0.4) is 0 Å². The Morgan fingerprint density at radius 3 is 2.59 bits per heavy atom. The lowest BCUT2D eigenvalue weighted by molar-refractivity contribution is -0.114. The monoisotopic (exact) mass is 466 g/mol. The van der Waals surface area contributed by atoms with Crippen molar-refractivity contribution in [2.24, 2.45) is 11.7 Å². The van der Waals surface area contributed by atoms with E-state index in [-0.39, 0.29) is 36.1 Å². The summed E-state index contributed by atoms with van der Waals surface area (Å²) in [5.41, 5.74) is 7.15. The van der Waals surface area contributed by atoms with Crippen molar-refractivity contribution >= 4 is 40.9 Å². The summed E-state index contributed by atoms with van der Waals surface area (Å²) >= 11 is 0. The largest absolute Gasteiger partial charge is 0.353 e. The third kappa shape index (κ3) is 4.49. The predicted octanol–water partition coefficient (Wildman–Crippen LogP) is 2.79. The molecule has 1 saturated heterocycles. The molecule has 3 aromatic rings. The average molecular weight is 467 g/mol. The van der Waals surface area contributed by atoms with E-state index in [9.17, 15) is 13.6 Å². The average Bonchev–Trinajstić information content (AvgIpc) is 3.20. The normalized spacial score (nSPS) is 18.7. The number of nitrogens with two attached hydrogens (primary N) is 1. The van der Waals surface area contributed by atoms with Crippen molar-refractivity contribution in [3.63, 3.8) is 0 Å². The van der Waals surface area contributed by atoms with E-state index >= 15 is 0 Å². The van der Waals surface area contributed by atoms with Gasteiger partial charge in [0.25, 0.3) is 0 Å². The van der Waals surface area contributed by atoms with E-state index in [0.29, 0.717) is 41.3 Å². The van der Waals surface area contributed by atoms with Crippen LogP contribution in [0.15, 0.2) is 18.3 Å². The molecule has 0 saturated carbocycles. The van der Waals surface area contributed by atoms with E-state index in [1.165, 1.54) is 11.6 Å². The summed E-state index contributed by atoms with van der Waals surface area (Å²) in [5.74, 6) is -2.62.